The van der Waals surface area contributed by atoms with E-state index in [9.17, 15) is 14.9 Å². The van der Waals surface area contributed by atoms with Crippen molar-refractivity contribution in [2.45, 2.75) is 6.54 Å². The van der Waals surface area contributed by atoms with E-state index in [1.807, 2.05) is 24.3 Å². The van der Waals surface area contributed by atoms with E-state index in [1.54, 1.807) is 24.5 Å². The molecule has 0 atom stereocenters. The number of hydrazone groups is 1. The van der Waals surface area contributed by atoms with E-state index < -0.39 is 10.8 Å². The van der Waals surface area contributed by atoms with Crippen LogP contribution >= 0.6 is 15.9 Å². The van der Waals surface area contributed by atoms with Crippen LogP contribution in [0.1, 0.15) is 21.6 Å². The number of nitrogens with one attached hydrogen (secondary N) is 1. The predicted octanol–water partition coefficient (Wildman–Crippen LogP) is 2.76. The normalized spacial score (nSPS) is 10.9. The van der Waals surface area contributed by atoms with Crippen LogP contribution < -0.4 is 5.43 Å². The SMILES string of the molecule is O=C(NN=Cc1cccnc1)c1nn(Cc2cccc(Br)c2)cc1[N+](=O)[O-]. The average Bonchev–Trinajstić information content (AvgIpc) is 3.07. The maximum atomic E-state index is 12.3. The first-order valence-electron chi connectivity index (χ1n) is 7.72. The van der Waals surface area contributed by atoms with E-state index in [1.165, 1.54) is 17.1 Å². The van der Waals surface area contributed by atoms with Gasteiger partial charge in [-0.15, -0.1) is 0 Å². The van der Waals surface area contributed by atoms with Gasteiger partial charge in [0.05, 0.1) is 17.7 Å². The summed E-state index contributed by atoms with van der Waals surface area (Å²) in [5.41, 5.74) is 3.10. The van der Waals surface area contributed by atoms with E-state index in [0.717, 1.165) is 10.0 Å². The summed E-state index contributed by atoms with van der Waals surface area (Å²) in [7, 11) is 0. The third-order valence-corrected chi connectivity index (χ3v) is 3.95. The Morgan fingerprint density at radius 2 is 2.22 bits per heavy atom. The molecule has 1 N–H and O–H groups in total. The number of carbonyl (C=O) groups excluding carboxylic acids is 1. The van der Waals surface area contributed by atoms with Crippen LogP contribution in [-0.2, 0) is 6.54 Å². The molecule has 0 unspecified atom stereocenters. The Bertz CT molecular complexity index is 1000. The number of pyridine rings is 1. The summed E-state index contributed by atoms with van der Waals surface area (Å²) >= 11 is 3.37. The molecule has 27 heavy (non-hydrogen) atoms. The topological polar surface area (TPSA) is 115 Å². The molecule has 0 radical (unpaired) electrons. The van der Waals surface area contributed by atoms with Crippen molar-refractivity contribution >= 4 is 33.7 Å². The van der Waals surface area contributed by atoms with Gasteiger partial charge < -0.3 is 0 Å². The van der Waals surface area contributed by atoms with Crippen LogP contribution in [0.3, 0.4) is 0 Å². The molecule has 0 fully saturated rings. The van der Waals surface area contributed by atoms with Crippen molar-refractivity contribution in [2.24, 2.45) is 5.10 Å². The summed E-state index contributed by atoms with van der Waals surface area (Å²) in [6.07, 6.45) is 5.78. The fourth-order valence-corrected chi connectivity index (χ4v) is 2.73. The van der Waals surface area contributed by atoms with Crippen molar-refractivity contribution < 1.29 is 9.72 Å². The lowest BCUT2D eigenvalue weighted by molar-refractivity contribution is -0.385. The molecule has 1 aromatic carbocycles. The van der Waals surface area contributed by atoms with Crippen LogP contribution in [0.25, 0.3) is 0 Å². The third-order valence-electron chi connectivity index (χ3n) is 3.45. The molecule has 1 amide bonds. The van der Waals surface area contributed by atoms with Crippen LogP contribution in [0.15, 0.2) is 64.6 Å². The lowest BCUT2D eigenvalue weighted by Crippen LogP contribution is -2.19. The molecular weight excluding hydrogens is 416 g/mol. The highest BCUT2D eigenvalue weighted by atomic mass is 79.9. The van der Waals surface area contributed by atoms with Crippen LogP contribution in [-0.4, -0.2) is 31.8 Å². The Hall–Kier alpha value is -3.40. The molecular formula is C17H13BrN6O3. The Morgan fingerprint density at radius 1 is 1.37 bits per heavy atom. The van der Waals surface area contributed by atoms with Crippen LogP contribution in [0.4, 0.5) is 5.69 Å². The molecule has 2 heterocycles. The lowest BCUT2D eigenvalue weighted by atomic mass is 10.2. The van der Waals surface area contributed by atoms with Crippen molar-refractivity contribution in [3.63, 3.8) is 0 Å². The van der Waals surface area contributed by atoms with E-state index in [2.05, 4.69) is 36.5 Å². The first-order chi connectivity index (χ1) is 13.0. The van der Waals surface area contributed by atoms with Gasteiger partial charge in [0.1, 0.15) is 6.20 Å². The second-order valence-electron chi connectivity index (χ2n) is 5.43. The fraction of sp³-hybridized carbons (Fsp3) is 0.0588. The highest BCUT2D eigenvalue weighted by Crippen LogP contribution is 2.18. The van der Waals surface area contributed by atoms with Gasteiger partial charge in [-0.25, -0.2) is 5.43 Å². The summed E-state index contributed by atoms with van der Waals surface area (Å²) in [5.74, 6) is -0.769. The molecule has 0 saturated carbocycles. The number of hydrogen-bond donors (Lipinski definition) is 1. The maximum Gasteiger partial charge on any atom is 0.320 e. The van der Waals surface area contributed by atoms with E-state index >= 15 is 0 Å². The minimum absolute atomic E-state index is 0.284. The Labute approximate surface area is 162 Å². The van der Waals surface area contributed by atoms with Crippen LogP contribution in [0.5, 0.6) is 0 Å². The smallest absolute Gasteiger partial charge is 0.265 e. The number of rotatable bonds is 6. The van der Waals surface area contributed by atoms with Crippen molar-refractivity contribution in [1.29, 1.82) is 0 Å². The van der Waals surface area contributed by atoms with Crippen molar-refractivity contribution in [1.82, 2.24) is 20.2 Å². The second kappa shape index (κ2) is 8.32. The van der Waals surface area contributed by atoms with E-state index in [-0.39, 0.29) is 17.9 Å². The number of hydrogen-bond acceptors (Lipinski definition) is 6. The minimum Gasteiger partial charge on any atom is -0.265 e. The van der Waals surface area contributed by atoms with E-state index in [4.69, 9.17) is 0 Å². The predicted molar refractivity (Wildman–Crippen MR) is 101 cm³/mol. The quantitative estimate of drug-likeness (QED) is 0.368. The fourth-order valence-electron chi connectivity index (χ4n) is 2.28. The van der Waals surface area contributed by atoms with Gasteiger partial charge in [-0.3, -0.25) is 24.6 Å². The number of carbonyl (C=O) groups is 1. The lowest BCUT2D eigenvalue weighted by Gasteiger charge is -2.01. The monoisotopic (exact) mass is 428 g/mol. The second-order valence-corrected chi connectivity index (χ2v) is 6.35. The number of nitro groups is 1. The summed E-state index contributed by atoms with van der Waals surface area (Å²) in [6.45, 7) is 0.284. The molecule has 2 aromatic heterocycles. The molecule has 10 heteroatoms. The third kappa shape index (κ3) is 4.82. The summed E-state index contributed by atoms with van der Waals surface area (Å²) < 4.78 is 2.23. The molecule has 0 bridgehead atoms. The summed E-state index contributed by atoms with van der Waals surface area (Å²) in [5, 5.41) is 19.1. The molecule has 0 aliphatic carbocycles. The van der Waals surface area contributed by atoms with Crippen molar-refractivity contribution in [2.75, 3.05) is 0 Å². The van der Waals surface area contributed by atoms with Gasteiger partial charge in [-0.05, 0) is 23.8 Å². The molecule has 3 aromatic rings. The Morgan fingerprint density at radius 3 is 2.93 bits per heavy atom. The summed E-state index contributed by atoms with van der Waals surface area (Å²) in [6, 6.07) is 10.9. The first kappa shape index (κ1) is 18.4. The van der Waals surface area contributed by atoms with Gasteiger partial charge in [0.25, 0.3) is 5.91 Å². The molecule has 0 spiro atoms. The molecule has 0 aliphatic rings. The van der Waals surface area contributed by atoms with Gasteiger partial charge in [0, 0.05) is 22.4 Å². The zero-order valence-corrected chi connectivity index (χ0v) is 15.4. The standard InChI is InChI=1S/C17H13BrN6O3/c18-14-5-1-3-12(7-14)10-23-11-15(24(26)27)16(22-23)17(25)21-20-9-13-4-2-6-19-8-13/h1-9,11H,10H2,(H,21,25). The van der Waals surface area contributed by atoms with Gasteiger partial charge >= 0.3 is 5.69 Å². The van der Waals surface area contributed by atoms with Crippen LogP contribution in [0, 0.1) is 10.1 Å². The van der Waals surface area contributed by atoms with E-state index in [0.29, 0.717) is 5.56 Å². The molecule has 9 nitrogen and oxygen atoms in total. The van der Waals surface area contributed by atoms with Crippen molar-refractivity contribution in [3.05, 3.63) is 86.4 Å². The van der Waals surface area contributed by atoms with Crippen LogP contribution in [0.2, 0.25) is 0 Å². The largest absolute Gasteiger partial charge is 0.320 e. The first-order valence-corrected chi connectivity index (χ1v) is 8.52. The van der Waals surface area contributed by atoms with Gasteiger partial charge in [-0.2, -0.15) is 10.2 Å². The molecule has 0 saturated heterocycles. The minimum atomic E-state index is -0.769. The van der Waals surface area contributed by atoms with Gasteiger partial charge in [0.2, 0.25) is 5.69 Å². The number of halogens is 1. The summed E-state index contributed by atoms with van der Waals surface area (Å²) in [4.78, 5) is 26.8. The Balaban J connectivity index is 1.77. The van der Waals surface area contributed by atoms with Crippen molar-refractivity contribution in [3.8, 4) is 0 Å². The Kier molecular flexibility index (Phi) is 5.67. The average molecular weight is 429 g/mol. The maximum absolute atomic E-state index is 12.3. The number of aromatic nitrogens is 3. The molecule has 0 aliphatic heterocycles. The van der Waals surface area contributed by atoms with Gasteiger partial charge in [0.15, 0.2) is 0 Å². The van der Waals surface area contributed by atoms with Gasteiger partial charge in [-0.1, -0.05) is 34.1 Å². The highest BCUT2D eigenvalue weighted by molar-refractivity contribution is 9.10. The molecule has 3 rings (SSSR count). The zero-order valence-electron chi connectivity index (χ0n) is 13.8. The zero-order chi connectivity index (χ0) is 19.2. The number of benzene rings is 1. The number of amides is 1. The highest BCUT2D eigenvalue weighted by Gasteiger charge is 2.25. The molecule has 136 valence electrons. The number of nitrogens with zero attached hydrogens (tertiary/aromatic N) is 5.